The molecule has 1 heterocycles. The third-order valence-electron chi connectivity index (χ3n) is 4.15. The fourth-order valence-corrected chi connectivity index (χ4v) is 3.54. The maximum atomic E-state index is 12.5. The first kappa shape index (κ1) is 21.2. The quantitative estimate of drug-likeness (QED) is 0.663. The number of thiophene rings is 1. The zero-order chi connectivity index (χ0) is 19.8. The Hall–Kier alpha value is -2.09. The summed E-state index contributed by atoms with van der Waals surface area (Å²) >= 11 is 7.66. The Labute approximate surface area is 168 Å². The predicted molar refractivity (Wildman–Crippen MR) is 109 cm³/mol. The molecule has 2 rings (SSSR count). The number of hydrogen-bond donors (Lipinski definition) is 2. The minimum Gasteiger partial charge on any atom is -0.495 e. The van der Waals surface area contributed by atoms with E-state index in [1.807, 2.05) is 18.4 Å². The number of likely N-dealkylation sites (N-methyl/N-ethyl adjacent to an activating group) is 2. The maximum Gasteiger partial charge on any atom is 0.277 e. The van der Waals surface area contributed by atoms with Crippen molar-refractivity contribution in [1.29, 1.82) is 0 Å². The number of rotatable bonds is 9. The molecule has 1 aromatic carbocycles. The van der Waals surface area contributed by atoms with Crippen LogP contribution in [0.5, 0.6) is 5.75 Å². The van der Waals surface area contributed by atoms with E-state index in [9.17, 15) is 9.59 Å². The molecular weight excluding hydrogens is 386 g/mol. The van der Waals surface area contributed by atoms with Gasteiger partial charge in [0.05, 0.1) is 30.8 Å². The summed E-state index contributed by atoms with van der Waals surface area (Å²) in [5.74, 6) is 0.138. The Bertz CT molecular complexity index is 768. The third kappa shape index (κ3) is 6.53. The highest BCUT2D eigenvalue weighted by Crippen LogP contribution is 2.27. The van der Waals surface area contributed by atoms with Gasteiger partial charge in [0.1, 0.15) is 12.3 Å². The molecule has 2 amide bonds. The van der Waals surface area contributed by atoms with Crippen LogP contribution in [0.1, 0.15) is 11.8 Å². The van der Waals surface area contributed by atoms with Crippen molar-refractivity contribution in [2.24, 2.45) is 0 Å². The average Bonchev–Trinajstić information content (AvgIpc) is 3.14. The van der Waals surface area contributed by atoms with Crippen LogP contribution in [-0.4, -0.2) is 50.5 Å². The number of nitrogens with zero attached hydrogens (tertiary/aromatic N) is 1. The van der Waals surface area contributed by atoms with Gasteiger partial charge < -0.3 is 19.9 Å². The Morgan fingerprint density at radius 3 is 2.74 bits per heavy atom. The summed E-state index contributed by atoms with van der Waals surface area (Å²) in [4.78, 5) is 28.6. The van der Waals surface area contributed by atoms with Crippen molar-refractivity contribution in [3.63, 3.8) is 0 Å². The van der Waals surface area contributed by atoms with Gasteiger partial charge in [0.25, 0.3) is 5.91 Å². The molecule has 146 valence electrons. The number of carbonyl (C=O) groups is 2. The lowest BCUT2D eigenvalue weighted by Crippen LogP contribution is -3.11. The number of carbonyl (C=O) groups excluding carboxylic acids is 2. The first-order valence-electron chi connectivity index (χ1n) is 8.66. The van der Waals surface area contributed by atoms with Crippen molar-refractivity contribution in [2.45, 2.75) is 13.5 Å². The molecule has 2 N–H and O–H groups in total. The van der Waals surface area contributed by atoms with Crippen molar-refractivity contribution in [1.82, 2.24) is 4.90 Å². The second kappa shape index (κ2) is 10.3. The van der Waals surface area contributed by atoms with Gasteiger partial charge in [-0.05, 0) is 36.6 Å². The highest BCUT2D eigenvalue weighted by Gasteiger charge is 2.19. The topological polar surface area (TPSA) is 63.1 Å². The lowest BCUT2D eigenvalue weighted by atomic mass is 10.3. The third-order valence-corrected chi connectivity index (χ3v) is 5.26. The van der Waals surface area contributed by atoms with Crippen molar-refractivity contribution < 1.29 is 19.2 Å². The first-order valence-corrected chi connectivity index (χ1v) is 9.92. The van der Waals surface area contributed by atoms with Crippen LogP contribution in [0.2, 0.25) is 5.02 Å². The van der Waals surface area contributed by atoms with E-state index in [4.69, 9.17) is 16.3 Å². The molecular formula is C19H25ClN3O3S+. The Morgan fingerprint density at radius 2 is 2.11 bits per heavy atom. The summed E-state index contributed by atoms with van der Waals surface area (Å²) in [6.07, 6.45) is 0. The van der Waals surface area contributed by atoms with Gasteiger partial charge in [-0.3, -0.25) is 9.59 Å². The molecule has 2 aromatic rings. The van der Waals surface area contributed by atoms with E-state index < -0.39 is 0 Å². The molecule has 0 bridgehead atoms. The van der Waals surface area contributed by atoms with Crippen LogP contribution in [0.4, 0.5) is 5.69 Å². The molecule has 0 aliphatic heterocycles. The molecule has 0 aliphatic rings. The largest absolute Gasteiger partial charge is 0.495 e. The van der Waals surface area contributed by atoms with Crippen molar-refractivity contribution in [3.05, 3.63) is 45.6 Å². The van der Waals surface area contributed by atoms with E-state index in [2.05, 4.69) is 11.4 Å². The van der Waals surface area contributed by atoms with E-state index >= 15 is 0 Å². The van der Waals surface area contributed by atoms with Crippen LogP contribution in [0.3, 0.4) is 0 Å². The van der Waals surface area contributed by atoms with Gasteiger partial charge in [-0.1, -0.05) is 17.7 Å². The van der Waals surface area contributed by atoms with Crippen LogP contribution in [-0.2, 0) is 16.1 Å². The Kier molecular flexibility index (Phi) is 8.09. The van der Waals surface area contributed by atoms with Crippen LogP contribution in [0.15, 0.2) is 35.7 Å². The minimum atomic E-state index is -0.303. The number of quaternary nitrogens is 1. The molecule has 6 nitrogen and oxygen atoms in total. The summed E-state index contributed by atoms with van der Waals surface area (Å²) in [5, 5.41) is 5.27. The predicted octanol–water partition coefficient (Wildman–Crippen LogP) is 1.91. The van der Waals surface area contributed by atoms with Crippen molar-refractivity contribution in [3.8, 4) is 5.75 Å². The molecule has 27 heavy (non-hydrogen) atoms. The van der Waals surface area contributed by atoms with Crippen molar-refractivity contribution >= 4 is 40.4 Å². The molecule has 0 aliphatic carbocycles. The average molecular weight is 411 g/mol. The molecule has 1 unspecified atom stereocenters. The highest BCUT2D eigenvalue weighted by molar-refractivity contribution is 7.09. The Morgan fingerprint density at radius 1 is 1.33 bits per heavy atom. The summed E-state index contributed by atoms with van der Waals surface area (Å²) in [5.41, 5.74) is 0.481. The van der Waals surface area contributed by atoms with Gasteiger partial charge in [0, 0.05) is 12.1 Å². The minimum absolute atomic E-state index is 0.0372. The van der Waals surface area contributed by atoms with Gasteiger partial charge in [-0.25, -0.2) is 0 Å². The summed E-state index contributed by atoms with van der Waals surface area (Å²) < 4.78 is 5.21. The SMILES string of the molecule is CC[NH+](CC(=O)N(C)CC(=O)Nc1cc(Cl)ccc1OC)Cc1cccs1. The van der Waals surface area contributed by atoms with Crippen LogP contribution in [0, 0.1) is 0 Å². The van der Waals surface area contributed by atoms with Gasteiger partial charge in [-0.2, -0.15) is 0 Å². The van der Waals surface area contributed by atoms with Gasteiger partial charge >= 0.3 is 0 Å². The van der Waals surface area contributed by atoms with E-state index in [-0.39, 0.29) is 18.4 Å². The molecule has 0 saturated heterocycles. The monoisotopic (exact) mass is 410 g/mol. The van der Waals surface area contributed by atoms with E-state index in [1.165, 1.54) is 16.9 Å². The zero-order valence-corrected chi connectivity index (χ0v) is 17.3. The number of methoxy groups -OCH3 is 1. The smallest absolute Gasteiger partial charge is 0.277 e. The number of halogens is 1. The normalized spacial score (nSPS) is 11.7. The fourth-order valence-electron chi connectivity index (χ4n) is 2.59. The molecule has 0 saturated carbocycles. The highest BCUT2D eigenvalue weighted by atomic mass is 35.5. The Balaban J connectivity index is 1.89. The summed E-state index contributed by atoms with van der Waals surface area (Å²) in [7, 11) is 3.15. The van der Waals surface area contributed by atoms with E-state index in [0.717, 1.165) is 18.0 Å². The van der Waals surface area contributed by atoms with Crippen molar-refractivity contribution in [2.75, 3.05) is 39.1 Å². The second-order valence-electron chi connectivity index (χ2n) is 6.18. The summed E-state index contributed by atoms with van der Waals surface area (Å²) in [6, 6.07) is 9.06. The fraction of sp³-hybridized carbons (Fsp3) is 0.368. The van der Waals surface area contributed by atoms with Crippen LogP contribution >= 0.6 is 22.9 Å². The molecule has 8 heteroatoms. The van der Waals surface area contributed by atoms with E-state index in [1.54, 1.807) is 36.6 Å². The van der Waals surface area contributed by atoms with Gasteiger partial charge in [-0.15, -0.1) is 11.3 Å². The number of ether oxygens (including phenoxy) is 1. The number of nitrogens with one attached hydrogen (secondary N) is 2. The van der Waals surface area contributed by atoms with Gasteiger partial charge in [0.15, 0.2) is 6.54 Å². The lowest BCUT2D eigenvalue weighted by Gasteiger charge is -2.21. The van der Waals surface area contributed by atoms with Crippen LogP contribution < -0.4 is 15.0 Å². The van der Waals surface area contributed by atoms with Gasteiger partial charge in [0.2, 0.25) is 5.91 Å². The number of hydrogen-bond acceptors (Lipinski definition) is 4. The molecule has 0 radical (unpaired) electrons. The maximum absolute atomic E-state index is 12.5. The zero-order valence-electron chi connectivity index (χ0n) is 15.8. The van der Waals surface area contributed by atoms with Crippen LogP contribution in [0.25, 0.3) is 0 Å². The number of anilines is 1. The molecule has 0 fully saturated rings. The summed E-state index contributed by atoms with van der Waals surface area (Å²) in [6.45, 7) is 4.00. The molecule has 1 atom stereocenters. The van der Waals surface area contributed by atoms with E-state index in [0.29, 0.717) is 23.0 Å². The lowest BCUT2D eigenvalue weighted by molar-refractivity contribution is -0.904. The molecule has 1 aromatic heterocycles. The molecule has 0 spiro atoms. The standard InChI is InChI=1S/C19H24ClN3O3S/c1-4-23(11-15-6-5-9-27-15)13-19(25)22(2)12-18(24)21-16-10-14(20)7-8-17(16)26-3/h5-10H,4,11-13H2,1-3H3,(H,21,24)/p+1. The number of amides is 2. The first-order chi connectivity index (χ1) is 12.9. The second-order valence-corrected chi connectivity index (χ2v) is 7.65. The number of benzene rings is 1.